The van der Waals surface area contributed by atoms with Gasteiger partial charge in [-0.25, -0.2) is 4.68 Å². The molecule has 6 heteroatoms. The average molecular weight is 317 g/mol. The smallest absolute Gasteiger partial charge is 0.184 e. The fraction of sp³-hybridized carbons (Fsp3) is 0.0556. The van der Waals surface area contributed by atoms with Crippen molar-refractivity contribution < 1.29 is 4.79 Å². The lowest BCUT2D eigenvalue weighted by molar-refractivity contribution is 0.0968. The highest BCUT2D eigenvalue weighted by Crippen LogP contribution is 2.24. The summed E-state index contributed by atoms with van der Waals surface area (Å²) < 4.78 is 1.35. The molecule has 0 unspecified atom stereocenters. The Labute approximate surface area is 139 Å². The van der Waals surface area contributed by atoms with Gasteiger partial charge in [-0.1, -0.05) is 48.5 Å². The summed E-state index contributed by atoms with van der Waals surface area (Å²) in [6, 6.07) is 20.3. The summed E-state index contributed by atoms with van der Waals surface area (Å²) >= 11 is 0. The summed E-state index contributed by atoms with van der Waals surface area (Å²) in [6.45, 7) is -0.0268. The van der Waals surface area contributed by atoms with Gasteiger partial charge in [0.1, 0.15) is 24.0 Å². The second kappa shape index (κ2) is 6.67. The van der Waals surface area contributed by atoms with Crippen molar-refractivity contribution in [3.8, 4) is 6.07 Å². The molecule has 0 bridgehead atoms. The minimum absolute atomic E-state index is 0.0268. The molecule has 0 fully saturated rings. The molecule has 2 aromatic carbocycles. The van der Waals surface area contributed by atoms with E-state index >= 15 is 0 Å². The van der Waals surface area contributed by atoms with Crippen molar-refractivity contribution in [3.63, 3.8) is 0 Å². The molecule has 1 aromatic heterocycles. The third kappa shape index (κ3) is 3.10. The Bertz CT molecular complexity index is 894. The molecule has 118 valence electrons. The molecule has 0 atom stereocenters. The molecule has 3 aromatic rings. The third-order valence-electron chi connectivity index (χ3n) is 3.53. The topological polar surface area (TPSA) is 96.7 Å². The molecule has 0 saturated carbocycles. The van der Waals surface area contributed by atoms with Crippen LogP contribution in [0, 0.1) is 11.3 Å². The maximum absolute atomic E-state index is 12.3. The van der Waals surface area contributed by atoms with E-state index in [1.165, 1.54) is 4.68 Å². The fourth-order valence-electron chi connectivity index (χ4n) is 2.30. The van der Waals surface area contributed by atoms with Gasteiger partial charge in [0, 0.05) is 11.3 Å². The van der Waals surface area contributed by atoms with Gasteiger partial charge in [-0.15, -0.1) is 0 Å². The predicted octanol–water partition coefficient (Wildman–Crippen LogP) is 2.96. The Morgan fingerprint density at radius 1 is 1.12 bits per heavy atom. The third-order valence-corrected chi connectivity index (χ3v) is 3.53. The number of anilines is 3. The van der Waals surface area contributed by atoms with Crippen LogP contribution in [0.4, 0.5) is 17.3 Å². The molecular formula is C18H15N5O. The van der Waals surface area contributed by atoms with Gasteiger partial charge < -0.3 is 11.1 Å². The molecule has 6 nitrogen and oxygen atoms in total. The zero-order valence-electron chi connectivity index (χ0n) is 12.8. The van der Waals surface area contributed by atoms with E-state index in [0.717, 1.165) is 5.69 Å². The van der Waals surface area contributed by atoms with Crippen LogP contribution in [-0.4, -0.2) is 15.6 Å². The fourth-order valence-corrected chi connectivity index (χ4v) is 2.30. The van der Waals surface area contributed by atoms with Gasteiger partial charge in [-0.2, -0.15) is 10.4 Å². The summed E-state index contributed by atoms with van der Waals surface area (Å²) in [6.07, 6.45) is 0. The second-order valence-electron chi connectivity index (χ2n) is 5.16. The monoisotopic (exact) mass is 317 g/mol. The first-order valence-electron chi connectivity index (χ1n) is 7.35. The molecule has 0 spiro atoms. The Kier molecular flexibility index (Phi) is 4.25. The normalized spacial score (nSPS) is 10.1. The van der Waals surface area contributed by atoms with E-state index < -0.39 is 0 Å². The van der Waals surface area contributed by atoms with Crippen molar-refractivity contribution in [1.29, 1.82) is 5.26 Å². The number of carbonyl (C=O) groups excluding carboxylic acids is 1. The molecule has 0 radical (unpaired) electrons. The number of aromatic nitrogens is 2. The SMILES string of the molecule is N#Cc1c(Nc2ccccc2)nn(CC(=O)c2ccccc2)c1N. The first kappa shape index (κ1) is 15.3. The minimum Gasteiger partial charge on any atom is -0.383 e. The number of rotatable bonds is 5. The number of nitriles is 1. The summed E-state index contributed by atoms with van der Waals surface area (Å²) in [4.78, 5) is 12.3. The quantitative estimate of drug-likeness (QED) is 0.705. The molecule has 0 aliphatic rings. The van der Waals surface area contributed by atoms with Crippen LogP contribution >= 0.6 is 0 Å². The van der Waals surface area contributed by atoms with Crippen LogP contribution in [-0.2, 0) is 6.54 Å². The largest absolute Gasteiger partial charge is 0.383 e. The number of ketones is 1. The Morgan fingerprint density at radius 2 is 1.75 bits per heavy atom. The van der Waals surface area contributed by atoms with E-state index in [0.29, 0.717) is 11.4 Å². The molecule has 0 saturated heterocycles. The Balaban J connectivity index is 1.87. The van der Waals surface area contributed by atoms with E-state index in [-0.39, 0.29) is 23.7 Å². The van der Waals surface area contributed by atoms with Crippen LogP contribution in [0.5, 0.6) is 0 Å². The second-order valence-corrected chi connectivity index (χ2v) is 5.16. The number of hydrogen-bond donors (Lipinski definition) is 2. The van der Waals surface area contributed by atoms with E-state index in [2.05, 4.69) is 10.4 Å². The number of para-hydroxylation sites is 1. The van der Waals surface area contributed by atoms with E-state index in [4.69, 9.17) is 5.73 Å². The van der Waals surface area contributed by atoms with Gasteiger partial charge in [-0.05, 0) is 12.1 Å². The van der Waals surface area contributed by atoms with Gasteiger partial charge in [0.25, 0.3) is 0 Å². The first-order chi connectivity index (χ1) is 11.7. The molecule has 24 heavy (non-hydrogen) atoms. The van der Waals surface area contributed by atoms with Crippen LogP contribution in [0.3, 0.4) is 0 Å². The van der Waals surface area contributed by atoms with E-state index in [1.54, 1.807) is 24.3 Å². The Morgan fingerprint density at radius 3 is 2.38 bits per heavy atom. The zero-order valence-corrected chi connectivity index (χ0v) is 12.8. The number of nitrogens with zero attached hydrogens (tertiary/aromatic N) is 3. The van der Waals surface area contributed by atoms with Crippen molar-refractivity contribution in [2.75, 3.05) is 11.1 Å². The van der Waals surface area contributed by atoms with E-state index in [1.807, 2.05) is 42.5 Å². The molecular weight excluding hydrogens is 302 g/mol. The van der Waals surface area contributed by atoms with Crippen molar-refractivity contribution in [2.24, 2.45) is 0 Å². The number of nitrogens with two attached hydrogens (primary N) is 1. The number of benzene rings is 2. The average Bonchev–Trinajstić information content (AvgIpc) is 2.91. The lowest BCUT2D eigenvalue weighted by Crippen LogP contribution is -2.14. The van der Waals surface area contributed by atoms with Crippen molar-refractivity contribution in [2.45, 2.75) is 6.54 Å². The van der Waals surface area contributed by atoms with E-state index in [9.17, 15) is 10.1 Å². The maximum Gasteiger partial charge on any atom is 0.184 e. The highest BCUT2D eigenvalue weighted by atomic mass is 16.1. The van der Waals surface area contributed by atoms with Crippen molar-refractivity contribution in [1.82, 2.24) is 9.78 Å². The highest BCUT2D eigenvalue weighted by Gasteiger charge is 2.18. The van der Waals surface area contributed by atoms with Crippen LogP contribution in [0.25, 0.3) is 0 Å². The van der Waals surface area contributed by atoms with Gasteiger partial charge in [0.15, 0.2) is 11.6 Å². The van der Waals surface area contributed by atoms with Gasteiger partial charge in [0.2, 0.25) is 0 Å². The Hall–Kier alpha value is -3.59. The summed E-state index contributed by atoms with van der Waals surface area (Å²) in [5.74, 6) is 0.378. The van der Waals surface area contributed by atoms with Crippen LogP contribution in [0.1, 0.15) is 15.9 Å². The predicted molar refractivity (Wildman–Crippen MR) is 91.9 cm³/mol. The molecule has 0 amide bonds. The van der Waals surface area contributed by atoms with Crippen molar-refractivity contribution >= 4 is 23.1 Å². The molecule has 0 aliphatic heterocycles. The molecule has 3 rings (SSSR count). The first-order valence-corrected chi connectivity index (χ1v) is 7.35. The molecule has 1 heterocycles. The van der Waals surface area contributed by atoms with Crippen LogP contribution in [0.15, 0.2) is 60.7 Å². The van der Waals surface area contributed by atoms with Crippen LogP contribution in [0.2, 0.25) is 0 Å². The number of carbonyl (C=O) groups is 1. The highest BCUT2D eigenvalue weighted by molar-refractivity contribution is 5.96. The summed E-state index contributed by atoms with van der Waals surface area (Å²) in [7, 11) is 0. The summed E-state index contributed by atoms with van der Waals surface area (Å²) in [5.41, 5.74) is 7.56. The standard InChI is InChI=1S/C18H15N5O/c19-11-15-17(20)23(12-16(24)13-7-3-1-4-8-13)22-18(15)21-14-9-5-2-6-10-14/h1-10H,12,20H2,(H,21,22). The number of nitrogen functional groups attached to an aromatic ring is 1. The van der Waals surface area contributed by atoms with Gasteiger partial charge in [-0.3, -0.25) is 4.79 Å². The number of hydrogen-bond acceptors (Lipinski definition) is 5. The summed E-state index contributed by atoms with van der Waals surface area (Å²) in [5, 5.41) is 16.7. The van der Waals surface area contributed by atoms with Gasteiger partial charge >= 0.3 is 0 Å². The lowest BCUT2D eigenvalue weighted by Gasteiger charge is -2.03. The van der Waals surface area contributed by atoms with Crippen molar-refractivity contribution in [3.05, 3.63) is 71.8 Å². The van der Waals surface area contributed by atoms with Gasteiger partial charge in [0.05, 0.1) is 0 Å². The van der Waals surface area contributed by atoms with Crippen LogP contribution < -0.4 is 11.1 Å². The zero-order chi connectivity index (χ0) is 16.9. The molecule has 3 N–H and O–H groups in total. The minimum atomic E-state index is -0.124. The number of Topliss-reactive ketones (excluding diaryl/α,β-unsaturated/α-hetero) is 1. The number of nitrogens with one attached hydrogen (secondary N) is 1. The maximum atomic E-state index is 12.3. The molecule has 0 aliphatic carbocycles. The lowest BCUT2D eigenvalue weighted by atomic mass is 10.1.